The molecule has 1 unspecified atom stereocenters. The number of benzene rings is 1. The molecule has 0 radical (unpaired) electrons. The summed E-state index contributed by atoms with van der Waals surface area (Å²) in [4.78, 5) is 14.0. The second-order valence-electron chi connectivity index (χ2n) is 5.04. The standard InChI is InChI=1S/C14H22N2O/c1-10(2)9-13(15)14(17)11-5-7-12(8-6-11)16(3)4/h5-8,10,13H,9,15H2,1-4H3. The van der Waals surface area contributed by atoms with Gasteiger partial charge in [0.25, 0.3) is 0 Å². The second kappa shape index (κ2) is 5.82. The monoisotopic (exact) mass is 234 g/mol. The van der Waals surface area contributed by atoms with Gasteiger partial charge in [0.2, 0.25) is 0 Å². The van der Waals surface area contributed by atoms with Crippen molar-refractivity contribution in [3.05, 3.63) is 29.8 Å². The molecule has 2 N–H and O–H groups in total. The topological polar surface area (TPSA) is 46.3 Å². The molecule has 0 heterocycles. The Labute approximate surface area is 104 Å². The lowest BCUT2D eigenvalue weighted by Gasteiger charge is -2.15. The number of carbonyl (C=O) groups excluding carboxylic acids is 1. The van der Waals surface area contributed by atoms with Crippen molar-refractivity contribution in [1.82, 2.24) is 0 Å². The fourth-order valence-corrected chi connectivity index (χ4v) is 1.75. The van der Waals surface area contributed by atoms with Crippen molar-refractivity contribution in [3.63, 3.8) is 0 Å². The van der Waals surface area contributed by atoms with Gasteiger partial charge in [0.15, 0.2) is 5.78 Å². The zero-order valence-electron chi connectivity index (χ0n) is 11.1. The average Bonchev–Trinajstić information content (AvgIpc) is 2.27. The summed E-state index contributed by atoms with van der Waals surface area (Å²) >= 11 is 0. The molecular formula is C14H22N2O. The third-order valence-corrected chi connectivity index (χ3v) is 2.73. The minimum Gasteiger partial charge on any atom is -0.378 e. The first-order chi connectivity index (χ1) is 7.91. The van der Waals surface area contributed by atoms with E-state index in [0.717, 1.165) is 12.1 Å². The highest BCUT2D eigenvalue weighted by molar-refractivity contribution is 6.00. The van der Waals surface area contributed by atoms with E-state index in [9.17, 15) is 4.79 Å². The van der Waals surface area contributed by atoms with Gasteiger partial charge in [-0.15, -0.1) is 0 Å². The number of Topliss-reactive ketones (excluding diaryl/α,β-unsaturated/α-hetero) is 1. The zero-order valence-corrected chi connectivity index (χ0v) is 11.1. The summed E-state index contributed by atoms with van der Waals surface area (Å²) in [6.07, 6.45) is 0.730. The van der Waals surface area contributed by atoms with Crippen LogP contribution in [0.15, 0.2) is 24.3 Å². The molecule has 3 nitrogen and oxygen atoms in total. The number of hydrogen-bond donors (Lipinski definition) is 1. The fourth-order valence-electron chi connectivity index (χ4n) is 1.75. The highest BCUT2D eigenvalue weighted by atomic mass is 16.1. The Morgan fingerprint density at radius 3 is 2.18 bits per heavy atom. The fraction of sp³-hybridized carbons (Fsp3) is 0.500. The van der Waals surface area contributed by atoms with Crippen LogP contribution in [0.5, 0.6) is 0 Å². The first-order valence-electron chi connectivity index (χ1n) is 5.99. The molecule has 3 heteroatoms. The number of nitrogens with two attached hydrogens (primary N) is 1. The summed E-state index contributed by atoms with van der Waals surface area (Å²) in [6, 6.07) is 7.18. The Balaban J connectivity index is 2.76. The van der Waals surface area contributed by atoms with Crippen LogP contribution < -0.4 is 10.6 Å². The summed E-state index contributed by atoms with van der Waals surface area (Å²) in [5, 5.41) is 0. The van der Waals surface area contributed by atoms with Crippen molar-refractivity contribution in [3.8, 4) is 0 Å². The van der Waals surface area contributed by atoms with E-state index in [1.165, 1.54) is 0 Å². The van der Waals surface area contributed by atoms with Crippen LogP contribution in [0.4, 0.5) is 5.69 Å². The second-order valence-corrected chi connectivity index (χ2v) is 5.04. The summed E-state index contributed by atoms with van der Waals surface area (Å²) in [6.45, 7) is 4.14. The van der Waals surface area contributed by atoms with Crippen LogP contribution in [-0.4, -0.2) is 25.9 Å². The molecule has 0 aliphatic carbocycles. The molecule has 1 atom stereocenters. The van der Waals surface area contributed by atoms with Crippen LogP contribution in [0, 0.1) is 5.92 Å². The molecule has 1 rings (SSSR count). The Morgan fingerprint density at radius 2 is 1.76 bits per heavy atom. The number of ketones is 1. The summed E-state index contributed by atoms with van der Waals surface area (Å²) in [5.41, 5.74) is 7.67. The molecule has 0 spiro atoms. The summed E-state index contributed by atoms with van der Waals surface area (Å²) in [7, 11) is 3.95. The molecule has 1 aromatic carbocycles. The van der Waals surface area contributed by atoms with Gasteiger partial charge in [0.1, 0.15) is 0 Å². The van der Waals surface area contributed by atoms with E-state index in [1.807, 2.05) is 43.3 Å². The molecule has 0 amide bonds. The molecule has 0 aromatic heterocycles. The van der Waals surface area contributed by atoms with E-state index in [4.69, 9.17) is 5.73 Å². The molecule has 0 saturated carbocycles. The number of rotatable bonds is 5. The predicted octanol–water partition coefficient (Wildman–Crippen LogP) is 2.31. The number of nitrogens with zero attached hydrogens (tertiary/aromatic N) is 1. The molecule has 1 aromatic rings. The average molecular weight is 234 g/mol. The molecule has 0 aliphatic heterocycles. The SMILES string of the molecule is CC(C)CC(N)C(=O)c1ccc(N(C)C)cc1. The number of anilines is 1. The van der Waals surface area contributed by atoms with Gasteiger partial charge in [-0.1, -0.05) is 13.8 Å². The van der Waals surface area contributed by atoms with E-state index in [1.54, 1.807) is 0 Å². The molecule has 0 bridgehead atoms. The Bertz CT molecular complexity index is 368. The molecule has 17 heavy (non-hydrogen) atoms. The minimum absolute atomic E-state index is 0.0315. The molecule has 0 saturated heterocycles. The van der Waals surface area contributed by atoms with Crippen LogP contribution in [0.25, 0.3) is 0 Å². The lowest BCUT2D eigenvalue weighted by atomic mass is 9.97. The van der Waals surface area contributed by atoms with Crippen molar-refractivity contribution in [2.75, 3.05) is 19.0 Å². The van der Waals surface area contributed by atoms with E-state index in [0.29, 0.717) is 11.5 Å². The highest BCUT2D eigenvalue weighted by Crippen LogP contribution is 2.15. The normalized spacial score (nSPS) is 12.6. The molecule has 94 valence electrons. The van der Waals surface area contributed by atoms with Crippen molar-refractivity contribution in [1.29, 1.82) is 0 Å². The van der Waals surface area contributed by atoms with E-state index in [-0.39, 0.29) is 11.8 Å². The van der Waals surface area contributed by atoms with Gasteiger partial charge < -0.3 is 10.6 Å². The van der Waals surface area contributed by atoms with Gasteiger partial charge in [-0.25, -0.2) is 0 Å². The Hall–Kier alpha value is -1.35. The van der Waals surface area contributed by atoms with Gasteiger partial charge in [0, 0.05) is 25.3 Å². The smallest absolute Gasteiger partial charge is 0.179 e. The first kappa shape index (κ1) is 13.7. The third kappa shape index (κ3) is 3.86. The van der Waals surface area contributed by atoms with E-state index >= 15 is 0 Å². The van der Waals surface area contributed by atoms with Crippen molar-refractivity contribution < 1.29 is 4.79 Å². The van der Waals surface area contributed by atoms with Crippen LogP contribution in [-0.2, 0) is 0 Å². The third-order valence-electron chi connectivity index (χ3n) is 2.73. The predicted molar refractivity (Wildman–Crippen MR) is 72.5 cm³/mol. The van der Waals surface area contributed by atoms with Crippen LogP contribution in [0.1, 0.15) is 30.6 Å². The Morgan fingerprint density at radius 1 is 1.24 bits per heavy atom. The number of carbonyl (C=O) groups is 1. The lowest BCUT2D eigenvalue weighted by Crippen LogP contribution is -2.31. The quantitative estimate of drug-likeness (QED) is 0.795. The maximum Gasteiger partial charge on any atom is 0.179 e. The molecule has 0 aliphatic rings. The maximum atomic E-state index is 12.0. The minimum atomic E-state index is -0.389. The van der Waals surface area contributed by atoms with E-state index in [2.05, 4.69) is 13.8 Å². The molecule has 0 fully saturated rings. The van der Waals surface area contributed by atoms with Gasteiger partial charge in [-0.2, -0.15) is 0 Å². The maximum absolute atomic E-state index is 12.0. The van der Waals surface area contributed by atoms with Gasteiger partial charge in [0.05, 0.1) is 6.04 Å². The summed E-state index contributed by atoms with van der Waals surface area (Å²) in [5.74, 6) is 0.471. The van der Waals surface area contributed by atoms with Crippen LogP contribution in [0.2, 0.25) is 0 Å². The van der Waals surface area contributed by atoms with Gasteiger partial charge in [-0.3, -0.25) is 4.79 Å². The Kier molecular flexibility index (Phi) is 4.70. The van der Waals surface area contributed by atoms with Crippen molar-refractivity contribution in [2.45, 2.75) is 26.3 Å². The van der Waals surface area contributed by atoms with Gasteiger partial charge >= 0.3 is 0 Å². The largest absolute Gasteiger partial charge is 0.378 e. The number of hydrogen-bond acceptors (Lipinski definition) is 3. The van der Waals surface area contributed by atoms with E-state index < -0.39 is 0 Å². The highest BCUT2D eigenvalue weighted by Gasteiger charge is 2.16. The first-order valence-corrected chi connectivity index (χ1v) is 5.99. The van der Waals surface area contributed by atoms with Crippen LogP contribution in [0.3, 0.4) is 0 Å². The molecular weight excluding hydrogens is 212 g/mol. The van der Waals surface area contributed by atoms with Crippen molar-refractivity contribution in [2.24, 2.45) is 11.7 Å². The summed E-state index contributed by atoms with van der Waals surface area (Å²) < 4.78 is 0. The van der Waals surface area contributed by atoms with Crippen molar-refractivity contribution >= 4 is 11.5 Å². The van der Waals surface area contributed by atoms with Gasteiger partial charge in [-0.05, 0) is 36.6 Å². The van der Waals surface area contributed by atoms with Crippen LogP contribution >= 0.6 is 0 Å². The lowest BCUT2D eigenvalue weighted by molar-refractivity contribution is 0.0951. The zero-order chi connectivity index (χ0) is 13.0.